The first-order chi connectivity index (χ1) is 17.7. The van der Waals surface area contributed by atoms with Gasteiger partial charge in [-0.1, -0.05) is 54.6 Å². The van der Waals surface area contributed by atoms with Crippen molar-refractivity contribution in [3.05, 3.63) is 95.6 Å². The lowest BCUT2D eigenvalue weighted by Crippen LogP contribution is -2.44. The molecular formula is C31H34N2O3. The third-order valence-electron chi connectivity index (χ3n) is 7.01. The van der Waals surface area contributed by atoms with Crippen LogP contribution in [-0.2, 0) is 22.6 Å². The highest BCUT2D eigenvalue weighted by molar-refractivity contribution is 5.98. The summed E-state index contributed by atoms with van der Waals surface area (Å²) in [6.07, 6.45) is 1.94. The number of rotatable bonds is 9. The molecule has 0 radical (unpaired) electrons. The van der Waals surface area contributed by atoms with E-state index < -0.39 is 0 Å². The van der Waals surface area contributed by atoms with Crippen LogP contribution in [0.15, 0.2) is 78.9 Å². The number of carbonyl (C=O) groups is 1. The highest BCUT2D eigenvalue weighted by atomic mass is 16.5. The van der Waals surface area contributed by atoms with Gasteiger partial charge < -0.3 is 14.8 Å². The summed E-state index contributed by atoms with van der Waals surface area (Å²) in [6.45, 7) is 4.70. The van der Waals surface area contributed by atoms with E-state index in [0.29, 0.717) is 19.8 Å². The molecule has 0 unspecified atom stereocenters. The number of fused-ring (bicyclic) bond motifs is 2. The number of likely N-dealkylation sites (tertiary alicyclic amines) is 1. The van der Waals surface area contributed by atoms with Crippen LogP contribution in [0.1, 0.15) is 34.3 Å². The minimum absolute atomic E-state index is 0.0238. The average molecular weight is 483 g/mol. The summed E-state index contributed by atoms with van der Waals surface area (Å²) in [6, 6.07) is 27.5. The minimum Gasteiger partial charge on any atom is -0.382 e. The maximum absolute atomic E-state index is 12.8. The first kappa shape index (κ1) is 24.4. The van der Waals surface area contributed by atoms with Crippen LogP contribution in [0, 0.1) is 0 Å². The maximum Gasteiger partial charge on any atom is 0.251 e. The van der Waals surface area contributed by atoms with Crippen LogP contribution < -0.4 is 5.32 Å². The zero-order valence-electron chi connectivity index (χ0n) is 20.9. The second-order valence-corrected chi connectivity index (χ2v) is 9.65. The Morgan fingerprint density at radius 2 is 1.53 bits per heavy atom. The number of ether oxygens (including phenoxy) is 2. The Kier molecular flexibility index (Phi) is 7.91. The fourth-order valence-corrected chi connectivity index (χ4v) is 4.96. The summed E-state index contributed by atoms with van der Waals surface area (Å²) in [5, 5.41) is 8.00. The average Bonchev–Trinajstić information content (AvgIpc) is 2.91. The molecule has 36 heavy (non-hydrogen) atoms. The van der Waals surface area contributed by atoms with Crippen LogP contribution in [0.3, 0.4) is 0 Å². The van der Waals surface area contributed by atoms with Crippen LogP contribution in [-0.4, -0.2) is 50.3 Å². The van der Waals surface area contributed by atoms with Crippen LogP contribution in [0.5, 0.6) is 0 Å². The summed E-state index contributed by atoms with van der Waals surface area (Å²) < 4.78 is 10.7. The van der Waals surface area contributed by atoms with Crippen molar-refractivity contribution in [1.29, 1.82) is 0 Å². The van der Waals surface area contributed by atoms with E-state index in [-0.39, 0.29) is 11.9 Å². The molecule has 0 aliphatic carbocycles. The number of amides is 1. The van der Waals surface area contributed by atoms with Gasteiger partial charge in [-0.15, -0.1) is 0 Å². The molecule has 186 valence electrons. The monoisotopic (exact) mass is 482 g/mol. The molecule has 5 nitrogen and oxygen atoms in total. The van der Waals surface area contributed by atoms with E-state index in [0.717, 1.165) is 48.8 Å². The van der Waals surface area contributed by atoms with E-state index in [1.807, 2.05) is 30.3 Å². The first-order valence-electron chi connectivity index (χ1n) is 12.8. The Morgan fingerprint density at radius 1 is 0.833 bits per heavy atom. The Hall–Kier alpha value is -3.25. The standard InChI is InChI=1S/C31H34N2O3/c1-35-16-17-36-22-24-7-9-26-8-6-23(18-29(26)19-24)21-33-14-12-30(13-15-33)32-31(34)28-11-10-25-4-2-3-5-27(25)20-28/h2-11,18-20,30H,12-17,21-22H2,1H3,(H,32,34). The van der Waals surface area contributed by atoms with E-state index in [2.05, 4.69) is 58.7 Å². The molecule has 4 aromatic carbocycles. The lowest BCUT2D eigenvalue weighted by molar-refractivity contribution is 0.0617. The molecule has 0 atom stereocenters. The summed E-state index contributed by atoms with van der Waals surface area (Å²) in [4.78, 5) is 15.3. The molecule has 5 rings (SSSR count). The number of nitrogens with one attached hydrogen (secondary N) is 1. The molecule has 1 saturated heterocycles. The number of hydrogen-bond donors (Lipinski definition) is 1. The molecule has 4 aromatic rings. The van der Waals surface area contributed by atoms with E-state index in [1.54, 1.807) is 7.11 Å². The Morgan fingerprint density at radius 3 is 2.33 bits per heavy atom. The Labute approximate surface area is 213 Å². The molecule has 0 aromatic heterocycles. The predicted octanol–water partition coefficient (Wildman–Crippen LogP) is 5.55. The summed E-state index contributed by atoms with van der Waals surface area (Å²) in [5.41, 5.74) is 3.23. The maximum atomic E-state index is 12.8. The Balaban J connectivity index is 1.14. The second kappa shape index (κ2) is 11.7. The Bertz CT molecular complexity index is 1330. The van der Waals surface area contributed by atoms with Gasteiger partial charge in [0.05, 0.1) is 19.8 Å². The smallest absolute Gasteiger partial charge is 0.251 e. The molecule has 1 aliphatic rings. The topological polar surface area (TPSA) is 50.8 Å². The van der Waals surface area contributed by atoms with Crippen molar-refractivity contribution in [2.24, 2.45) is 0 Å². The van der Waals surface area contributed by atoms with Crippen molar-refractivity contribution < 1.29 is 14.3 Å². The van der Waals surface area contributed by atoms with Crippen LogP contribution in [0.4, 0.5) is 0 Å². The highest BCUT2D eigenvalue weighted by Crippen LogP contribution is 2.22. The lowest BCUT2D eigenvalue weighted by atomic mass is 10.0. The van der Waals surface area contributed by atoms with Crippen molar-refractivity contribution >= 4 is 27.5 Å². The molecule has 0 bridgehead atoms. The van der Waals surface area contributed by atoms with E-state index in [4.69, 9.17) is 9.47 Å². The van der Waals surface area contributed by atoms with Crippen molar-refractivity contribution in [2.45, 2.75) is 32.0 Å². The van der Waals surface area contributed by atoms with Gasteiger partial charge in [-0.3, -0.25) is 9.69 Å². The summed E-state index contributed by atoms with van der Waals surface area (Å²) in [7, 11) is 1.69. The number of carbonyl (C=O) groups excluding carboxylic acids is 1. The van der Waals surface area contributed by atoms with Gasteiger partial charge in [0.25, 0.3) is 5.91 Å². The molecule has 1 fully saturated rings. The number of methoxy groups -OCH3 is 1. The largest absolute Gasteiger partial charge is 0.382 e. The normalized spacial score (nSPS) is 14.9. The van der Waals surface area contributed by atoms with Gasteiger partial charge >= 0.3 is 0 Å². The molecule has 0 spiro atoms. The van der Waals surface area contributed by atoms with Gasteiger partial charge in [0, 0.05) is 38.3 Å². The fourth-order valence-electron chi connectivity index (χ4n) is 4.96. The molecular weight excluding hydrogens is 448 g/mol. The number of benzene rings is 4. The minimum atomic E-state index is 0.0238. The molecule has 1 N–H and O–H groups in total. The van der Waals surface area contributed by atoms with E-state index in [1.165, 1.54) is 21.9 Å². The quantitative estimate of drug-likeness (QED) is 0.318. The molecule has 5 heteroatoms. The van der Waals surface area contributed by atoms with Gasteiger partial charge in [-0.2, -0.15) is 0 Å². The lowest BCUT2D eigenvalue weighted by Gasteiger charge is -2.32. The zero-order chi connectivity index (χ0) is 24.7. The molecule has 0 saturated carbocycles. The summed E-state index contributed by atoms with van der Waals surface area (Å²) >= 11 is 0. The van der Waals surface area contributed by atoms with Gasteiger partial charge in [0.15, 0.2) is 0 Å². The third-order valence-corrected chi connectivity index (χ3v) is 7.01. The zero-order valence-corrected chi connectivity index (χ0v) is 20.9. The van der Waals surface area contributed by atoms with E-state index in [9.17, 15) is 4.79 Å². The van der Waals surface area contributed by atoms with Crippen LogP contribution in [0.25, 0.3) is 21.5 Å². The number of piperidine rings is 1. The highest BCUT2D eigenvalue weighted by Gasteiger charge is 2.21. The van der Waals surface area contributed by atoms with E-state index >= 15 is 0 Å². The van der Waals surface area contributed by atoms with Crippen molar-refractivity contribution in [3.63, 3.8) is 0 Å². The van der Waals surface area contributed by atoms with Crippen molar-refractivity contribution in [2.75, 3.05) is 33.4 Å². The summed E-state index contributed by atoms with van der Waals surface area (Å²) in [5.74, 6) is 0.0238. The third kappa shape index (κ3) is 6.11. The first-order valence-corrected chi connectivity index (χ1v) is 12.8. The molecule has 1 amide bonds. The second-order valence-electron chi connectivity index (χ2n) is 9.65. The van der Waals surface area contributed by atoms with Gasteiger partial charge in [0.2, 0.25) is 0 Å². The van der Waals surface area contributed by atoms with Crippen molar-refractivity contribution in [1.82, 2.24) is 10.2 Å². The number of nitrogens with zero attached hydrogens (tertiary/aromatic N) is 1. The predicted molar refractivity (Wildman–Crippen MR) is 145 cm³/mol. The van der Waals surface area contributed by atoms with Crippen LogP contribution >= 0.6 is 0 Å². The SMILES string of the molecule is COCCOCc1ccc2ccc(CN3CCC(NC(=O)c4ccc5ccccc5c4)CC3)cc2c1. The van der Waals surface area contributed by atoms with Gasteiger partial charge in [-0.05, 0) is 69.8 Å². The molecule has 1 aliphatic heterocycles. The number of hydrogen-bond acceptors (Lipinski definition) is 4. The van der Waals surface area contributed by atoms with Gasteiger partial charge in [-0.25, -0.2) is 0 Å². The van der Waals surface area contributed by atoms with Crippen LogP contribution in [0.2, 0.25) is 0 Å². The fraction of sp³-hybridized carbons (Fsp3) is 0.323. The van der Waals surface area contributed by atoms with Gasteiger partial charge in [0.1, 0.15) is 0 Å². The molecule has 1 heterocycles. The van der Waals surface area contributed by atoms with Crippen molar-refractivity contribution in [3.8, 4) is 0 Å².